The Kier molecular flexibility index (Phi) is 5.57. The topological polar surface area (TPSA) is 142 Å². The minimum Gasteiger partial charge on any atom is -0.490 e. The molecule has 1 aliphatic heterocycles. The first-order valence-electron chi connectivity index (χ1n) is 7.21. The molecule has 1 aromatic rings. The fraction of sp³-hybridized carbons (Fsp3) is 0.429. The highest BCUT2D eigenvalue weighted by Gasteiger charge is 2.29. The summed E-state index contributed by atoms with van der Waals surface area (Å²) in [7, 11) is -1.88. The molecule has 1 saturated heterocycles. The Morgan fingerprint density at radius 1 is 1.40 bits per heavy atom. The number of amides is 1. The molecular weight excluding hydrogens is 356 g/mol. The lowest BCUT2D eigenvalue weighted by atomic mass is 10.2. The first-order chi connectivity index (χ1) is 11.7. The standard InChI is InChI=1S/C14H16N2O8S/c1-23-12-3-2-9(6-11(12)16(19)20)14(18)24-7-13(17)15-10-4-5-25(21,22)8-10/h2-3,6,10H,4-5,7-8H2,1H3,(H,15,17)/t10-/m0/s1. The molecular formula is C14H16N2O8S. The summed E-state index contributed by atoms with van der Waals surface area (Å²) in [6.45, 7) is -0.616. The zero-order chi connectivity index (χ0) is 18.6. The number of hydrogen-bond donors (Lipinski definition) is 1. The largest absolute Gasteiger partial charge is 0.490 e. The van der Waals surface area contributed by atoms with Gasteiger partial charge < -0.3 is 14.8 Å². The molecule has 0 saturated carbocycles. The van der Waals surface area contributed by atoms with Crippen LogP contribution in [0.1, 0.15) is 16.8 Å². The number of esters is 1. The molecule has 2 rings (SSSR count). The molecule has 0 unspecified atom stereocenters. The number of nitro benzene ring substituents is 1. The minimum atomic E-state index is -3.13. The van der Waals surface area contributed by atoms with E-state index < -0.39 is 45.0 Å². The fourth-order valence-corrected chi connectivity index (χ4v) is 4.03. The van der Waals surface area contributed by atoms with Crippen LogP contribution in [0.5, 0.6) is 5.75 Å². The van der Waals surface area contributed by atoms with Gasteiger partial charge in [-0.05, 0) is 18.6 Å². The van der Waals surface area contributed by atoms with Gasteiger partial charge in [0.15, 0.2) is 22.2 Å². The van der Waals surface area contributed by atoms with E-state index in [1.165, 1.54) is 19.2 Å². The van der Waals surface area contributed by atoms with Crippen LogP contribution in [0.2, 0.25) is 0 Å². The lowest BCUT2D eigenvalue weighted by Gasteiger charge is -2.11. The van der Waals surface area contributed by atoms with Crippen molar-refractivity contribution < 1.29 is 32.4 Å². The first-order valence-corrected chi connectivity index (χ1v) is 9.03. The molecule has 0 spiro atoms. The molecule has 136 valence electrons. The van der Waals surface area contributed by atoms with Crippen LogP contribution >= 0.6 is 0 Å². The molecule has 1 aromatic carbocycles. The number of nitro groups is 1. The Balaban J connectivity index is 1.93. The highest BCUT2D eigenvalue weighted by Crippen LogP contribution is 2.27. The molecule has 1 amide bonds. The van der Waals surface area contributed by atoms with Crippen LogP contribution in [-0.4, -0.2) is 56.5 Å². The van der Waals surface area contributed by atoms with E-state index in [0.717, 1.165) is 6.07 Å². The van der Waals surface area contributed by atoms with Gasteiger partial charge in [0.2, 0.25) is 0 Å². The van der Waals surface area contributed by atoms with Gasteiger partial charge in [-0.1, -0.05) is 0 Å². The predicted molar refractivity (Wildman–Crippen MR) is 85.1 cm³/mol. The van der Waals surface area contributed by atoms with Crippen molar-refractivity contribution >= 4 is 27.4 Å². The Hall–Kier alpha value is -2.69. The molecule has 1 N–H and O–H groups in total. The van der Waals surface area contributed by atoms with Gasteiger partial charge in [0.1, 0.15) is 0 Å². The van der Waals surface area contributed by atoms with E-state index in [4.69, 9.17) is 9.47 Å². The van der Waals surface area contributed by atoms with Crippen LogP contribution in [0.4, 0.5) is 5.69 Å². The summed E-state index contributed by atoms with van der Waals surface area (Å²) in [6, 6.07) is 3.01. The van der Waals surface area contributed by atoms with Gasteiger partial charge in [0, 0.05) is 12.1 Å². The van der Waals surface area contributed by atoms with Crippen LogP contribution in [0, 0.1) is 10.1 Å². The molecule has 0 radical (unpaired) electrons. The average Bonchev–Trinajstić information content (AvgIpc) is 2.90. The zero-order valence-corrected chi connectivity index (χ0v) is 14.1. The van der Waals surface area contributed by atoms with Gasteiger partial charge in [-0.2, -0.15) is 0 Å². The van der Waals surface area contributed by atoms with E-state index in [2.05, 4.69) is 5.32 Å². The van der Waals surface area contributed by atoms with E-state index in [1.807, 2.05) is 0 Å². The molecule has 1 fully saturated rings. The average molecular weight is 372 g/mol. The Morgan fingerprint density at radius 3 is 2.68 bits per heavy atom. The second kappa shape index (κ2) is 7.47. The van der Waals surface area contributed by atoms with Gasteiger partial charge in [0.25, 0.3) is 5.91 Å². The monoisotopic (exact) mass is 372 g/mol. The normalized spacial score (nSPS) is 18.4. The third-order valence-corrected chi connectivity index (χ3v) is 5.31. The van der Waals surface area contributed by atoms with Crippen molar-refractivity contribution in [1.29, 1.82) is 0 Å². The molecule has 1 heterocycles. The number of ether oxygens (including phenoxy) is 2. The van der Waals surface area contributed by atoms with E-state index in [0.29, 0.717) is 6.42 Å². The first kappa shape index (κ1) is 18.6. The predicted octanol–water partition coefficient (Wildman–Crippen LogP) is 0.0635. The highest BCUT2D eigenvalue weighted by molar-refractivity contribution is 7.91. The molecule has 11 heteroatoms. The van der Waals surface area contributed by atoms with Gasteiger partial charge in [0.05, 0.1) is 29.1 Å². The summed E-state index contributed by atoms with van der Waals surface area (Å²) in [6.07, 6.45) is 0.312. The second-order valence-corrected chi connectivity index (χ2v) is 7.62. The maximum absolute atomic E-state index is 11.9. The van der Waals surface area contributed by atoms with Crippen LogP contribution in [0.25, 0.3) is 0 Å². The van der Waals surface area contributed by atoms with E-state index in [9.17, 15) is 28.1 Å². The summed E-state index contributed by atoms with van der Waals surface area (Å²) in [5, 5.41) is 13.4. The Bertz CT molecular complexity index is 805. The number of sulfone groups is 1. The maximum Gasteiger partial charge on any atom is 0.338 e. The molecule has 0 aliphatic carbocycles. The summed E-state index contributed by atoms with van der Waals surface area (Å²) >= 11 is 0. The smallest absolute Gasteiger partial charge is 0.338 e. The van der Waals surface area contributed by atoms with E-state index in [-0.39, 0.29) is 22.8 Å². The number of carbonyl (C=O) groups excluding carboxylic acids is 2. The number of nitrogens with one attached hydrogen (secondary N) is 1. The lowest BCUT2D eigenvalue weighted by molar-refractivity contribution is -0.385. The van der Waals surface area contributed by atoms with Crippen LogP contribution < -0.4 is 10.1 Å². The number of rotatable bonds is 6. The summed E-state index contributed by atoms with van der Waals surface area (Å²) in [5.41, 5.74) is -0.513. The summed E-state index contributed by atoms with van der Waals surface area (Å²) < 4.78 is 32.2. The Labute approximate surface area is 143 Å². The molecule has 0 bridgehead atoms. The SMILES string of the molecule is COc1ccc(C(=O)OCC(=O)N[C@H]2CCS(=O)(=O)C2)cc1[N+](=O)[O-]. The van der Waals surface area contributed by atoms with E-state index in [1.54, 1.807) is 0 Å². The van der Waals surface area contributed by atoms with E-state index >= 15 is 0 Å². The van der Waals surface area contributed by atoms with Crippen molar-refractivity contribution in [3.63, 3.8) is 0 Å². The van der Waals surface area contributed by atoms with Crippen LogP contribution in [0.15, 0.2) is 18.2 Å². The van der Waals surface area contributed by atoms with Crippen LogP contribution in [0.3, 0.4) is 0 Å². The number of hydrogen-bond acceptors (Lipinski definition) is 8. The van der Waals surface area contributed by atoms with Gasteiger partial charge in [-0.15, -0.1) is 0 Å². The zero-order valence-electron chi connectivity index (χ0n) is 13.3. The highest BCUT2D eigenvalue weighted by atomic mass is 32.2. The molecule has 1 atom stereocenters. The van der Waals surface area contributed by atoms with Crippen LogP contribution in [-0.2, 0) is 19.4 Å². The maximum atomic E-state index is 11.9. The Morgan fingerprint density at radius 2 is 2.12 bits per heavy atom. The quantitative estimate of drug-likeness (QED) is 0.420. The second-order valence-electron chi connectivity index (χ2n) is 5.39. The molecule has 1 aliphatic rings. The molecule has 10 nitrogen and oxygen atoms in total. The summed E-state index contributed by atoms with van der Waals surface area (Å²) in [5.74, 6) is -1.70. The third kappa shape index (κ3) is 4.89. The number of nitrogens with zero attached hydrogens (tertiary/aromatic N) is 1. The van der Waals surface area contributed by atoms with Gasteiger partial charge in [-0.3, -0.25) is 14.9 Å². The number of carbonyl (C=O) groups is 2. The van der Waals surface area contributed by atoms with Crippen molar-refractivity contribution in [2.24, 2.45) is 0 Å². The summed E-state index contributed by atoms with van der Waals surface area (Å²) in [4.78, 5) is 33.8. The molecule has 25 heavy (non-hydrogen) atoms. The van der Waals surface area contributed by atoms with Crippen molar-refractivity contribution in [2.75, 3.05) is 25.2 Å². The number of benzene rings is 1. The third-order valence-electron chi connectivity index (χ3n) is 3.54. The minimum absolute atomic E-state index is 0.00719. The van der Waals surface area contributed by atoms with Gasteiger partial charge in [-0.25, -0.2) is 13.2 Å². The van der Waals surface area contributed by atoms with Crippen molar-refractivity contribution in [3.05, 3.63) is 33.9 Å². The molecule has 0 aromatic heterocycles. The van der Waals surface area contributed by atoms with Crippen molar-refractivity contribution in [3.8, 4) is 5.75 Å². The number of methoxy groups -OCH3 is 1. The van der Waals surface area contributed by atoms with Crippen molar-refractivity contribution in [2.45, 2.75) is 12.5 Å². The lowest BCUT2D eigenvalue weighted by Crippen LogP contribution is -2.38. The fourth-order valence-electron chi connectivity index (χ4n) is 2.35. The van der Waals surface area contributed by atoms with Crippen molar-refractivity contribution in [1.82, 2.24) is 5.32 Å². The van der Waals surface area contributed by atoms with Gasteiger partial charge >= 0.3 is 11.7 Å².